The second-order valence-corrected chi connectivity index (χ2v) is 9.34. The number of benzene rings is 3. The summed E-state index contributed by atoms with van der Waals surface area (Å²) in [5.74, 6) is 0.558. The van der Waals surface area contributed by atoms with Crippen LogP contribution < -0.4 is 10.1 Å². The molecular weight excluding hydrogens is 382 g/mol. The van der Waals surface area contributed by atoms with E-state index in [4.69, 9.17) is 4.74 Å². The van der Waals surface area contributed by atoms with E-state index in [0.717, 1.165) is 6.42 Å². The van der Waals surface area contributed by atoms with Crippen molar-refractivity contribution in [3.05, 3.63) is 72.3 Å². The maximum Gasteiger partial charge on any atom is 0.135 e. The second-order valence-electron chi connectivity index (χ2n) is 7.99. The number of aliphatic hydroxyl groups is 1. The molecular formula is C24H29NO3S. The highest BCUT2D eigenvalue weighted by Gasteiger charge is 2.20. The molecule has 0 amide bonds. The molecule has 2 N–H and O–H groups in total. The molecule has 0 spiro atoms. The highest BCUT2D eigenvalue weighted by molar-refractivity contribution is 7.84. The molecule has 3 rings (SSSR count). The van der Waals surface area contributed by atoms with Crippen LogP contribution in [0.25, 0.3) is 10.8 Å². The Balaban J connectivity index is 1.53. The van der Waals surface area contributed by atoms with Crippen LogP contribution in [0.1, 0.15) is 19.4 Å². The molecule has 29 heavy (non-hydrogen) atoms. The van der Waals surface area contributed by atoms with Crippen molar-refractivity contribution < 1.29 is 14.1 Å². The fourth-order valence-corrected chi connectivity index (χ4v) is 4.05. The van der Waals surface area contributed by atoms with E-state index in [1.807, 2.05) is 18.2 Å². The molecule has 0 bridgehead atoms. The number of fused-ring (bicyclic) bond motifs is 1. The van der Waals surface area contributed by atoms with E-state index in [2.05, 4.69) is 55.6 Å². The molecule has 5 heteroatoms. The van der Waals surface area contributed by atoms with E-state index < -0.39 is 16.9 Å². The van der Waals surface area contributed by atoms with Gasteiger partial charge in [-0.1, -0.05) is 54.6 Å². The van der Waals surface area contributed by atoms with Crippen molar-refractivity contribution in [2.45, 2.75) is 36.8 Å². The molecule has 0 fully saturated rings. The van der Waals surface area contributed by atoms with Crippen LogP contribution in [0.2, 0.25) is 0 Å². The third-order valence-electron chi connectivity index (χ3n) is 4.87. The lowest BCUT2D eigenvalue weighted by molar-refractivity contribution is 0.0974. The second kappa shape index (κ2) is 9.53. The van der Waals surface area contributed by atoms with Gasteiger partial charge in [0.1, 0.15) is 18.5 Å². The Bertz CT molecular complexity index is 987. The first-order valence-corrected chi connectivity index (χ1v) is 11.4. The zero-order valence-corrected chi connectivity index (χ0v) is 18.0. The van der Waals surface area contributed by atoms with Gasteiger partial charge in [0.25, 0.3) is 0 Å². The fraction of sp³-hybridized carbons (Fsp3) is 0.333. The lowest BCUT2D eigenvalue weighted by Gasteiger charge is -2.28. The number of para-hydroxylation sites is 1. The Labute approximate surface area is 175 Å². The Hall–Kier alpha value is -2.21. The molecule has 0 radical (unpaired) electrons. The van der Waals surface area contributed by atoms with Gasteiger partial charge in [0.15, 0.2) is 0 Å². The maximum absolute atomic E-state index is 11.8. The van der Waals surface area contributed by atoms with E-state index in [1.54, 1.807) is 18.4 Å². The summed E-state index contributed by atoms with van der Waals surface area (Å²) in [4.78, 5) is 0.643. The van der Waals surface area contributed by atoms with Crippen molar-refractivity contribution in [3.63, 3.8) is 0 Å². The molecule has 1 unspecified atom stereocenters. The van der Waals surface area contributed by atoms with Crippen LogP contribution >= 0.6 is 0 Å². The first kappa shape index (κ1) is 21.5. The van der Waals surface area contributed by atoms with Gasteiger partial charge in [-0.2, -0.15) is 0 Å². The van der Waals surface area contributed by atoms with E-state index >= 15 is 0 Å². The molecule has 0 aliphatic rings. The van der Waals surface area contributed by atoms with Gasteiger partial charge in [-0.3, -0.25) is 4.21 Å². The molecule has 0 aliphatic heterocycles. The van der Waals surface area contributed by atoms with Gasteiger partial charge in [0.05, 0.1) is 15.7 Å². The Morgan fingerprint density at radius 2 is 1.72 bits per heavy atom. The quantitative estimate of drug-likeness (QED) is 0.560. The number of hydrogen-bond donors (Lipinski definition) is 2. The summed E-state index contributed by atoms with van der Waals surface area (Å²) in [6.45, 7) is 4.82. The van der Waals surface area contributed by atoms with Crippen LogP contribution in [-0.2, 0) is 17.2 Å². The Morgan fingerprint density at radius 1 is 1.03 bits per heavy atom. The molecule has 0 saturated heterocycles. The van der Waals surface area contributed by atoms with Crippen LogP contribution in [0.3, 0.4) is 0 Å². The number of nitrogens with one attached hydrogen (secondary N) is 1. The Morgan fingerprint density at radius 3 is 2.48 bits per heavy atom. The van der Waals surface area contributed by atoms with E-state index in [9.17, 15) is 9.32 Å². The molecule has 0 aliphatic carbocycles. The maximum atomic E-state index is 11.8. The number of rotatable bonds is 9. The number of aliphatic hydroxyl groups excluding tert-OH is 1. The summed E-state index contributed by atoms with van der Waals surface area (Å²) in [5.41, 5.74) is 1.08. The largest absolute Gasteiger partial charge is 0.490 e. The summed E-state index contributed by atoms with van der Waals surface area (Å²) in [6.07, 6.45) is 1.81. The van der Waals surface area contributed by atoms with Crippen LogP contribution in [0, 0.1) is 0 Å². The van der Waals surface area contributed by atoms with Crippen molar-refractivity contribution in [3.8, 4) is 5.75 Å². The Kier molecular flexibility index (Phi) is 7.06. The lowest BCUT2D eigenvalue weighted by Crippen LogP contribution is -2.46. The van der Waals surface area contributed by atoms with Crippen LogP contribution in [-0.4, -0.2) is 40.4 Å². The monoisotopic (exact) mass is 411 g/mol. The zero-order chi connectivity index (χ0) is 20.9. The van der Waals surface area contributed by atoms with Crippen LogP contribution in [0.4, 0.5) is 0 Å². The van der Waals surface area contributed by atoms with Crippen molar-refractivity contribution in [2.24, 2.45) is 0 Å². The zero-order valence-electron chi connectivity index (χ0n) is 17.2. The van der Waals surface area contributed by atoms with Crippen molar-refractivity contribution in [2.75, 3.05) is 19.4 Å². The number of ether oxygens (including phenoxy) is 1. The molecule has 154 valence electrons. The van der Waals surface area contributed by atoms with Crippen molar-refractivity contribution in [1.29, 1.82) is 0 Å². The van der Waals surface area contributed by atoms with Gasteiger partial charge in [-0.05, 0) is 48.7 Å². The minimum Gasteiger partial charge on any atom is -0.490 e. The van der Waals surface area contributed by atoms with Crippen molar-refractivity contribution >= 4 is 21.6 Å². The molecule has 3 aromatic carbocycles. The molecule has 0 aromatic heterocycles. The van der Waals surface area contributed by atoms with E-state index in [0.29, 0.717) is 17.2 Å². The number of hydrogen-bond acceptors (Lipinski definition) is 4. The fourth-order valence-electron chi connectivity index (χ4n) is 3.37. The normalized spacial score (nSPS) is 13.9. The summed E-state index contributed by atoms with van der Waals surface area (Å²) >= 11 is 0. The molecule has 3 aromatic rings. The van der Waals surface area contributed by atoms with Crippen LogP contribution in [0.15, 0.2) is 71.6 Å². The molecule has 0 saturated carbocycles. The standard InChI is InChI=1S/C24H29NO3S/c1-24(2,15-18-12-13-19-8-4-5-9-20(19)14-18)25-16-21(26)17-28-22-10-6-7-11-23(22)29(3)27/h4-14,21,25-26H,15-17H2,1-3H3/t21-,29?/m1/s1. The highest BCUT2D eigenvalue weighted by Crippen LogP contribution is 2.22. The third kappa shape index (κ3) is 6.13. The van der Waals surface area contributed by atoms with Gasteiger partial charge >= 0.3 is 0 Å². The first-order chi connectivity index (χ1) is 13.8. The highest BCUT2D eigenvalue weighted by atomic mass is 32.2. The topological polar surface area (TPSA) is 58.6 Å². The van der Waals surface area contributed by atoms with Gasteiger partial charge in [0.2, 0.25) is 0 Å². The average Bonchev–Trinajstić information content (AvgIpc) is 2.70. The minimum absolute atomic E-state index is 0.146. The third-order valence-corrected chi connectivity index (χ3v) is 5.82. The molecule has 2 atom stereocenters. The first-order valence-electron chi connectivity index (χ1n) is 9.80. The summed E-state index contributed by atoms with van der Waals surface area (Å²) in [7, 11) is -1.13. The summed E-state index contributed by atoms with van der Waals surface area (Å²) in [6, 6.07) is 22.1. The van der Waals surface area contributed by atoms with Gasteiger partial charge < -0.3 is 15.2 Å². The molecule has 0 heterocycles. The predicted octanol–water partition coefficient (Wildman–Crippen LogP) is 3.93. The summed E-state index contributed by atoms with van der Waals surface area (Å²) in [5, 5.41) is 16.3. The van der Waals surface area contributed by atoms with E-state index in [-0.39, 0.29) is 12.1 Å². The smallest absolute Gasteiger partial charge is 0.135 e. The minimum atomic E-state index is -1.13. The summed E-state index contributed by atoms with van der Waals surface area (Å²) < 4.78 is 17.5. The SMILES string of the molecule is CS(=O)c1ccccc1OC[C@H](O)CNC(C)(C)Cc1ccc2ccccc2c1. The van der Waals surface area contributed by atoms with Crippen molar-refractivity contribution in [1.82, 2.24) is 5.32 Å². The van der Waals surface area contributed by atoms with Gasteiger partial charge in [0, 0.05) is 18.3 Å². The van der Waals surface area contributed by atoms with Gasteiger partial charge in [-0.25, -0.2) is 0 Å². The predicted molar refractivity (Wildman–Crippen MR) is 120 cm³/mol. The average molecular weight is 412 g/mol. The molecule has 4 nitrogen and oxygen atoms in total. The van der Waals surface area contributed by atoms with E-state index in [1.165, 1.54) is 16.3 Å². The van der Waals surface area contributed by atoms with Crippen LogP contribution in [0.5, 0.6) is 5.75 Å². The van der Waals surface area contributed by atoms with Gasteiger partial charge in [-0.15, -0.1) is 0 Å². The lowest BCUT2D eigenvalue weighted by atomic mass is 9.93. The number of β-amino-alcohol motifs (C(OH)–C–C–N with tert-alkyl or cyclic N) is 1.